The Hall–Kier alpha value is -1.43. The summed E-state index contributed by atoms with van der Waals surface area (Å²) in [5, 5.41) is 4.95. The molecule has 2 aromatic rings. The van der Waals surface area contributed by atoms with Crippen molar-refractivity contribution in [1.82, 2.24) is 10.1 Å². The van der Waals surface area contributed by atoms with Gasteiger partial charge in [-0.15, -0.1) is 0 Å². The first kappa shape index (κ1) is 15.1. The van der Waals surface area contributed by atoms with Crippen molar-refractivity contribution in [2.24, 2.45) is 0 Å². The van der Waals surface area contributed by atoms with Crippen molar-refractivity contribution in [1.29, 1.82) is 0 Å². The summed E-state index contributed by atoms with van der Waals surface area (Å²) in [6.07, 6.45) is 2.58. The second kappa shape index (κ2) is 6.23. The van der Waals surface area contributed by atoms with Crippen LogP contribution in [-0.4, -0.2) is 36.6 Å². The number of aromatic nitrogens is 2. The maximum atomic E-state index is 6.21. The zero-order chi connectivity index (χ0) is 15.7. The van der Waals surface area contributed by atoms with E-state index in [2.05, 4.69) is 11.2 Å². The summed E-state index contributed by atoms with van der Waals surface area (Å²) >= 11 is 6.21. The highest BCUT2D eigenvalue weighted by molar-refractivity contribution is 6.30. The van der Waals surface area contributed by atoms with E-state index in [-0.39, 0.29) is 11.3 Å². The quantitative estimate of drug-likeness (QED) is 0.861. The van der Waals surface area contributed by atoms with Gasteiger partial charge in [-0.3, -0.25) is 0 Å². The van der Waals surface area contributed by atoms with Crippen molar-refractivity contribution in [3.05, 3.63) is 46.6 Å². The van der Waals surface area contributed by atoms with Crippen LogP contribution in [0.2, 0.25) is 5.02 Å². The average Bonchev–Trinajstić information content (AvgIpc) is 3.27. The minimum atomic E-state index is -0.312. The van der Waals surface area contributed by atoms with Gasteiger partial charge in [0.25, 0.3) is 0 Å². The van der Waals surface area contributed by atoms with Crippen LogP contribution in [0.3, 0.4) is 0 Å². The molecule has 2 aliphatic heterocycles. The second-order valence-electron chi connectivity index (χ2n) is 6.22. The van der Waals surface area contributed by atoms with E-state index >= 15 is 0 Å². The highest BCUT2D eigenvalue weighted by Crippen LogP contribution is 2.41. The van der Waals surface area contributed by atoms with Crippen LogP contribution >= 0.6 is 11.6 Å². The number of hydrogen-bond donors (Lipinski definition) is 0. The third-order valence-corrected chi connectivity index (χ3v) is 5.10. The summed E-state index contributed by atoms with van der Waals surface area (Å²) < 4.78 is 16.7. The zero-order valence-corrected chi connectivity index (χ0v) is 13.6. The molecule has 1 aromatic heterocycles. The molecule has 2 fully saturated rings. The van der Waals surface area contributed by atoms with Crippen molar-refractivity contribution in [2.75, 3.05) is 26.4 Å². The Morgan fingerprint density at radius 2 is 2.00 bits per heavy atom. The average molecular weight is 335 g/mol. The Morgan fingerprint density at radius 3 is 2.74 bits per heavy atom. The molecule has 0 N–H and O–H groups in total. The van der Waals surface area contributed by atoms with Gasteiger partial charge in [0.2, 0.25) is 5.89 Å². The number of benzene rings is 1. The number of hydrogen-bond acceptors (Lipinski definition) is 5. The largest absolute Gasteiger partial charge is 0.381 e. The highest BCUT2D eigenvalue weighted by atomic mass is 35.5. The van der Waals surface area contributed by atoms with Gasteiger partial charge >= 0.3 is 0 Å². The molecular weight excluding hydrogens is 316 g/mol. The van der Waals surface area contributed by atoms with Crippen LogP contribution in [0.1, 0.15) is 42.5 Å². The Kier molecular flexibility index (Phi) is 4.09. The number of halogens is 1. The van der Waals surface area contributed by atoms with E-state index in [0.29, 0.717) is 25.7 Å². The predicted molar refractivity (Wildman–Crippen MR) is 84.8 cm³/mol. The smallest absolute Gasteiger partial charge is 0.237 e. The highest BCUT2D eigenvalue weighted by Gasteiger charge is 2.42. The van der Waals surface area contributed by atoms with Gasteiger partial charge < -0.3 is 14.0 Å². The lowest BCUT2D eigenvalue weighted by Crippen LogP contribution is -2.35. The molecule has 0 unspecified atom stereocenters. The normalized spacial score (nSPS) is 24.0. The van der Waals surface area contributed by atoms with Crippen LogP contribution in [-0.2, 0) is 14.9 Å². The van der Waals surface area contributed by atoms with Crippen molar-refractivity contribution in [3.8, 4) is 0 Å². The van der Waals surface area contributed by atoms with Crippen LogP contribution in [0.15, 0.2) is 28.8 Å². The van der Waals surface area contributed by atoms with Crippen molar-refractivity contribution in [2.45, 2.75) is 30.6 Å². The molecule has 1 aromatic carbocycles. The van der Waals surface area contributed by atoms with E-state index in [4.69, 9.17) is 30.6 Å². The van der Waals surface area contributed by atoms with Gasteiger partial charge in [-0.1, -0.05) is 28.9 Å². The maximum Gasteiger partial charge on any atom is 0.237 e. The van der Waals surface area contributed by atoms with E-state index in [1.807, 2.05) is 18.2 Å². The van der Waals surface area contributed by atoms with Gasteiger partial charge in [-0.05, 0) is 37.0 Å². The summed E-state index contributed by atoms with van der Waals surface area (Å²) in [5.41, 5.74) is 0.805. The van der Waals surface area contributed by atoms with Gasteiger partial charge in [-0.25, -0.2) is 0 Å². The monoisotopic (exact) mass is 334 g/mol. The fourth-order valence-corrected chi connectivity index (χ4v) is 3.66. The Balaban J connectivity index is 1.73. The van der Waals surface area contributed by atoms with Crippen molar-refractivity contribution >= 4 is 11.6 Å². The molecule has 5 nitrogen and oxygen atoms in total. The molecule has 0 radical (unpaired) electrons. The lowest BCUT2D eigenvalue weighted by Gasteiger charge is -2.34. The Morgan fingerprint density at radius 1 is 1.13 bits per heavy atom. The molecule has 4 rings (SSSR count). The first-order chi connectivity index (χ1) is 11.3. The fraction of sp³-hybridized carbons (Fsp3) is 0.529. The molecule has 0 amide bonds. The molecule has 6 heteroatoms. The number of rotatable bonds is 3. The van der Waals surface area contributed by atoms with Crippen molar-refractivity contribution < 1.29 is 14.0 Å². The molecule has 2 aliphatic rings. The lowest BCUT2D eigenvalue weighted by atomic mass is 9.74. The molecule has 1 atom stereocenters. The molecule has 0 saturated carbocycles. The van der Waals surface area contributed by atoms with Gasteiger partial charge in [-0.2, -0.15) is 4.98 Å². The van der Waals surface area contributed by atoms with Crippen LogP contribution in [0.25, 0.3) is 0 Å². The molecule has 2 saturated heterocycles. The van der Waals surface area contributed by atoms with E-state index in [1.165, 1.54) is 0 Å². The SMILES string of the molecule is Clc1cccc(C2(c3nc([C@H]4CCOC4)no3)CCOCC2)c1. The van der Waals surface area contributed by atoms with Crippen LogP contribution in [0, 0.1) is 0 Å². The fourth-order valence-electron chi connectivity index (χ4n) is 3.47. The summed E-state index contributed by atoms with van der Waals surface area (Å²) in [6, 6.07) is 7.93. The zero-order valence-electron chi connectivity index (χ0n) is 12.8. The van der Waals surface area contributed by atoms with Gasteiger partial charge in [0.15, 0.2) is 5.82 Å². The number of ether oxygens (including phenoxy) is 2. The Bertz CT molecular complexity index is 676. The summed E-state index contributed by atoms with van der Waals surface area (Å²) in [5.74, 6) is 1.67. The molecule has 0 bridgehead atoms. The van der Waals surface area contributed by atoms with E-state index in [0.717, 1.165) is 42.3 Å². The maximum absolute atomic E-state index is 6.21. The summed E-state index contributed by atoms with van der Waals surface area (Å²) in [7, 11) is 0. The standard InChI is InChI=1S/C17H19ClN2O3/c18-14-3-1-2-13(10-14)17(5-8-21-9-6-17)16-19-15(20-23-16)12-4-7-22-11-12/h1-3,10,12H,4-9,11H2/t12-/m0/s1. The topological polar surface area (TPSA) is 57.4 Å². The van der Waals surface area contributed by atoms with Crippen LogP contribution < -0.4 is 0 Å². The molecule has 0 spiro atoms. The molecule has 122 valence electrons. The van der Waals surface area contributed by atoms with Gasteiger partial charge in [0, 0.05) is 30.8 Å². The lowest BCUT2D eigenvalue weighted by molar-refractivity contribution is 0.0523. The van der Waals surface area contributed by atoms with E-state index < -0.39 is 0 Å². The van der Waals surface area contributed by atoms with Crippen LogP contribution in [0.5, 0.6) is 0 Å². The minimum absolute atomic E-state index is 0.240. The number of nitrogens with zero attached hydrogens (tertiary/aromatic N) is 2. The summed E-state index contributed by atoms with van der Waals surface area (Å²) in [4.78, 5) is 4.74. The third-order valence-electron chi connectivity index (χ3n) is 4.87. The molecule has 3 heterocycles. The summed E-state index contributed by atoms with van der Waals surface area (Å²) in [6.45, 7) is 2.79. The second-order valence-corrected chi connectivity index (χ2v) is 6.66. The minimum Gasteiger partial charge on any atom is -0.381 e. The third kappa shape index (κ3) is 2.77. The van der Waals surface area contributed by atoms with Crippen LogP contribution in [0.4, 0.5) is 0 Å². The van der Waals surface area contributed by atoms with E-state index in [9.17, 15) is 0 Å². The van der Waals surface area contributed by atoms with E-state index in [1.54, 1.807) is 0 Å². The predicted octanol–water partition coefficient (Wildman–Crippen LogP) is 3.32. The first-order valence-electron chi connectivity index (χ1n) is 8.03. The molecule has 0 aliphatic carbocycles. The van der Waals surface area contributed by atoms with Gasteiger partial charge in [0.1, 0.15) is 0 Å². The molecular formula is C17H19ClN2O3. The molecule has 23 heavy (non-hydrogen) atoms. The first-order valence-corrected chi connectivity index (χ1v) is 8.41. The van der Waals surface area contributed by atoms with Crippen molar-refractivity contribution in [3.63, 3.8) is 0 Å². The van der Waals surface area contributed by atoms with Gasteiger partial charge in [0.05, 0.1) is 12.0 Å². The Labute approximate surface area is 139 Å².